The summed E-state index contributed by atoms with van der Waals surface area (Å²) < 4.78 is 24.2. The van der Waals surface area contributed by atoms with Crippen molar-refractivity contribution in [3.63, 3.8) is 0 Å². The molecule has 1 unspecified atom stereocenters. The van der Waals surface area contributed by atoms with E-state index < -0.39 is 23.5 Å². The Hall–Kier alpha value is -4.65. The summed E-state index contributed by atoms with van der Waals surface area (Å²) in [7, 11) is 2.96. The lowest BCUT2D eigenvalue weighted by atomic mass is 9.91. The van der Waals surface area contributed by atoms with Crippen LogP contribution in [0.25, 0.3) is 16.5 Å². The van der Waals surface area contributed by atoms with Crippen LogP contribution in [0.5, 0.6) is 11.5 Å². The lowest BCUT2D eigenvalue weighted by molar-refractivity contribution is -0.140. The van der Waals surface area contributed by atoms with Gasteiger partial charge in [0.25, 0.3) is 11.7 Å². The molecule has 186 valence electrons. The number of hydrogen-bond donors (Lipinski definition) is 1. The molecule has 0 aromatic heterocycles. The number of rotatable bonds is 6. The van der Waals surface area contributed by atoms with Crippen LogP contribution in [0.1, 0.15) is 22.7 Å². The molecule has 6 nitrogen and oxygen atoms in total. The topological polar surface area (TPSA) is 76.1 Å². The first kappa shape index (κ1) is 24.1. The summed E-state index contributed by atoms with van der Waals surface area (Å²) in [6.07, 6.45) is 0. The maximum absolute atomic E-state index is 13.5. The molecule has 1 amide bonds. The average molecular weight is 498 g/mol. The quantitative estimate of drug-likeness (QED) is 0.213. The summed E-state index contributed by atoms with van der Waals surface area (Å²) in [6.45, 7) is 0.0509. The molecule has 4 aromatic rings. The predicted octanol–water partition coefficient (Wildman–Crippen LogP) is 5.62. The zero-order valence-electron chi connectivity index (χ0n) is 20.3. The zero-order valence-corrected chi connectivity index (χ0v) is 20.3. The van der Waals surface area contributed by atoms with Gasteiger partial charge < -0.3 is 19.5 Å². The SMILES string of the molecule is COc1ccc(/C(O)=C2\C(=O)C(=O)N(Cc3ccc(F)cc3)C2c2cccc3ccccc23)c(OC)c1. The minimum absolute atomic E-state index is 0.0491. The van der Waals surface area contributed by atoms with E-state index in [-0.39, 0.29) is 23.4 Å². The van der Waals surface area contributed by atoms with E-state index >= 15 is 0 Å². The number of carbonyl (C=O) groups is 2. The molecular formula is C30H24FNO5. The van der Waals surface area contributed by atoms with Crippen molar-refractivity contribution < 1.29 is 28.6 Å². The number of halogens is 1. The summed E-state index contributed by atoms with van der Waals surface area (Å²) in [4.78, 5) is 28.3. The Morgan fingerprint density at radius 2 is 1.65 bits per heavy atom. The summed E-state index contributed by atoms with van der Waals surface area (Å²) in [5, 5.41) is 13.3. The molecule has 0 spiro atoms. The van der Waals surface area contributed by atoms with Gasteiger partial charge in [-0.1, -0.05) is 54.6 Å². The van der Waals surface area contributed by atoms with Crippen molar-refractivity contribution in [2.24, 2.45) is 0 Å². The maximum Gasteiger partial charge on any atom is 0.295 e. The van der Waals surface area contributed by atoms with Crippen molar-refractivity contribution in [2.75, 3.05) is 14.2 Å². The van der Waals surface area contributed by atoms with Crippen molar-refractivity contribution in [3.8, 4) is 11.5 Å². The van der Waals surface area contributed by atoms with Crippen LogP contribution in [0.4, 0.5) is 4.39 Å². The van der Waals surface area contributed by atoms with Gasteiger partial charge in [0.2, 0.25) is 0 Å². The van der Waals surface area contributed by atoms with E-state index in [9.17, 15) is 19.1 Å². The number of aliphatic hydroxyl groups is 1. The van der Waals surface area contributed by atoms with Gasteiger partial charge >= 0.3 is 0 Å². The molecule has 0 saturated carbocycles. The Bertz CT molecular complexity index is 1540. The Morgan fingerprint density at radius 3 is 2.38 bits per heavy atom. The summed E-state index contributed by atoms with van der Waals surface area (Å²) >= 11 is 0. The van der Waals surface area contributed by atoms with Gasteiger partial charge in [-0.15, -0.1) is 0 Å². The third-order valence-electron chi connectivity index (χ3n) is 6.59. The van der Waals surface area contributed by atoms with Crippen molar-refractivity contribution in [2.45, 2.75) is 12.6 Å². The van der Waals surface area contributed by atoms with Crippen molar-refractivity contribution >= 4 is 28.2 Å². The minimum atomic E-state index is -0.886. The number of carbonyl (C=O) groups excluding carboxylic acids is 2. The molecule has 0 radical (unpaired) electrons. The van der Waals surface area contributed by atoms with Crippen LogP contribution in [-0.2, 0) is 16.1 Å². The first-order valence-electron chi connectivity index (χ1n) is 11.7. The molecule has 1 heterocycles. The largest absolute Gasteiger partial charge is 0.507 e. The van der Waals surface area contributed by atoms with E-state index in [4.69, 9.17) is 9.47 Å². The van der Waals surface area contributed by atoms with Gasteiger partial charge in [-0.25, -0.2) is 4.39 Å². The second-order valence-electron chi connectivity index (χ2n) is 8.69. The molecule has 7 heteroatoms. The predicted molar refractivity (Wildman–Crippen MR) is 138 cm³/mol. The summed E-state index contributed by atoms with van der Waals surface area (Å²) in [5.41, 5.74) is 1.55. The highest BCUT2D eigenvalue weighted by atomic mass is 19.1. The third-order valence-corrected chi connectivity index (χ3v) is 6.59. The van der Waals surface area contributed by atoms with Crippen LogP contribution >= 0.6 is 0 Å². The molecule has 1 N–H and O–H groups in total. The Kier molecular flexibility index (Phi) is 6.36. The Morgan fingerprint density at radius 1 is 0.919 bits per heavy atom. The lowest BCUT2D eigenvalue weighted by Gasteiger charge is -2.26. The Labute approximate surface area is 213 Å². The molecule has 0 aliphatic carbocycles. The monoisotopic (exact) mass is 497 g/mol. The number of amides is 1. The van der Waals surface area contributed by atoms with E-state index in [0.29, 0.717) is 22.6 Å². The van der Waals surface area contributed by atoms with Gasteiger partial charge in [0.15, 0.2) is 0 Å². The van der Waals surface area contributed by atoms with Crippen molar-refractivity contribution in [3.05, 3.63) is 113 Å². The maximum atomic E-state index is 13.5. The average Bonchev–Trinajstić information content (AvgIpc) is 3.17. The molecule has 1 saturated heterocycles. The number of likely N-dealkylation sites (tertiary alicyclic amines) is 1. The van der Waals surface area contributed by atoms with Crippen molar-refractivity contribution in [1.82, 2.24) is 4.90 Å². The van der Waals surface area contributed by atoms with Gasteiger partial charge in [-0.05, 0) is 46.2 Å². The van der Waals surface area contributed by atoms with Gasteiger partial charge in [0, 0.05) is 12.6 Å². The molecule has 1 aliphatic rings. The number of benzene rings is 4. The van der Waals surface area contributed by atoms with E-state index in [2.05, 4.69) is 0 Å². The molecule has 0 bridgehead atoms. The number of Topliss-reactive ketones (excluding diaryl/α,β-unsaturated/α-hetero) is 1. The highest BCUT2D eigenvalue weighted by Crippen LogP contribution is 2.44. The van der Waals surface area contributed by atoms with Crippen LogP contribution in [0.15, 0.2) is 90.5 Å². The number of hydrogen-bond acceptors (Lipinski definition) is 5. The fourth-order valence-corrected chi connectivity index (χ4v) is 4.78. The summed E-state index contributed by atoms with van der Waals surface area (Å²) in [5.74, 6) is -1.51. The Balaban J connectivity index is 1.74. The smallest absolute Gasteiger partial charge is 0.295 e. The molecule has 1 aliphatic heterocycles. The van der Waals surface area contributed by atoms with Crippen LogP contribution < -0.4 is 9.47 Å². The van der Waals surface area contributed by atoms with E-state index in [1.54, 1.807) is 30.3 Å². The van der Waals surface area contributed by atoms with Crippen LogP contribution in [0.2, 0.25) is 0 Å². The standard InChI is InChI=1S/C30H24FNO5/c1-36-21-14-15-24(25(16-21)37-2)28(33)26-27(23-9-5-7-19-6-3-4-8-22(19)23)32(30(35)29(26)34)17-18-10-12-20(31)13-11-18/h3-16,27,33H,17H2,1-2H3/b28-26+. The normalized spacial score (nSPS) is 16.8. The third kappa shape index (κ3) is 4.29. The number of ether oxygens (including phenoxy) is 2. The molecule has 1 atom stereocenters. The molecule has 5 rings (SSSR count). The van der Waals surface area contributed by atoms with Gasteiger partial charge in [0.05, 0.1) is 31.4 Å². The van der Waals surface area contributed by atoms with E-state index in [1.807, 2.05) is 42.5 Å². The molecule has 4 aromatic carbocycles. The number of methoxy groups -OCH3 is 2. The van der Waals surface area contributed by atoms with E-state index in [0.717, 1.165) is 10.8 Å². The fourth-order valence-electron chi connectivity index (χ4n) is 4.78. The molecule has 37 heavy (non-hydrogen) atoms. The second kappa shape index (κ2) is 9.78. The van der Waals surface area contributed by atoms with Gasteiger partial charge in [0.1, 0.15) is 23.1 Å². The fraction of sp³-hybridized carbons (Fsp3) is 0.133. The minimum Gasteiger partial charge on any atom is -0.507 e. The molecule has 1 fully saturated rings. The first-order valence-corrected chi connectivity index (χ1v) is 11.7. The molecular weight excluding hydrogens is 473 g/mol. The number of fused-ring (bicyclic) bond motifs is 1. The zero-order chi connectivity index (χ0) is 26.1. The number of ketones is 1. The number of nitrogens with zero attached hydrogens (tertiary/aromatic N) is 1. The van der Waals surface area contributed by atoms with Crippen molar-refractivity contribution in [1.29, 1.82) is 0 Å². The highest BCUT2D eigenvalue weighted by molar-refractivity contribution is 6.46. The van der Waals surface area contributed by atoms with Gasteiger partial charge in [-0.3, -0.25) is 9.59 Å². The number of aliphatic hydroxyl groups excluding tert-OH is 1. The highest BCUT2D eigenvalue weighted by Gasteiger charge is 2.46. The van der Waals surface area contributed by atoms with Crippen LogP contribution in [0, 0.1) is 5.82 Å². The first-order chi connectivity index (χ1) is 17.9. The van der Waals surface area contributed by atoms with Crippen LogP contribution in [-0.4, -0.2) is 35.9 Å². The van der Waals surface area contributed by atoms with E-state index in [1.165, 1.54) is 31.3 Å². The lowest BCUT2D eigenvalue weighted by Crippen LogP contribution is -2.29. The second-order valence-corrected chi connectivity index (χ2v) is 8.69. The van der Waals surface area contributed by atoms with Crippen LogP contribution in [0.3, 0.4) is 0 Å². The summed E-state index contributed by atoms with van der Waals surface area (Å²) in [6, 6.07) is 23.0. The van der Waals surface area contributed by atoms with Gasteiger partial charge in [-0.2, -0.15) is 0 Å².